The van der Waals surface area contributed by atoms with Crippen LogP contribution in [0.25, 0.3) is 0 Å². The van der Waals surface area contributed by atoms with Gasteiger partial charge in [0.15, 0.2) is 0 Å². The molecule has 0 saturated carbocycles. The number of aliphatic hydroxyl groups excluding tert-OH is 2. The Morgan fingerprint density at radius 1 is 0.941 bits per heavy atom. The number of aliphatic hydroxyl groups is 2. The van der Waals surface area contributed by atoms with Crippen molar-refractivity contribution in [2.24, 2.45) is 5.41 Å². The number of thiol groups is 2. The number of rotatable bonds is 8. The number of hydrogen-bond acceptors (Lipinski definition) is 6. The molecule has 0 amide bonds. The highest BCUT2D eigenvalue weighted by molar-refractivity contribution is 7.82. The molecule has 0 aliphatic rings. The second-order valence-electron chi connectivity index (χ2n) is 3.93. The van der Waals surface area contributed by atoms with E-state index in [-0.39, 0.29) is 12.8 Å². The van der Waals surface area contributed by atoms with Crippen LogP contribution in [0.5, 0.6) is 0 Å². The molecule has 0 radical (unpaired) electrons. The van der Waals surface area contributed by atoms with Crippen molar-refractivity contribution in [2.75, 3.05) is 13.2 Å². The molecule has 0 spiro atoms. The average Bonchev–Trinajstić information content (AvgIpc) is 2.27. The Labute approximate surface area is 109 Å². The summed E-state index contributed by atoms with van der Waals surface area (Å²) in [6.45, 7) is -1.06. The highest BCUT2D eigenvalue weighted by Gasteiger charge is 2.36. The highest BCUT2D eigenvalue weighted by atomic mass is 32.1. The molecule has 4 N–H and O–H groups in total. The first-order valence-electron chi connectivity index (χ1n) is 4.81. The molecule has 2 unspecified atom stereocenters. The van der Waals surface area contributed by atoms with Crippen LogP contribution in [0, 0.1) is 5.41 Å². The lowest BCUT2D eigenvalue weighted by Crippen LogP contribution is -2.38. The number of hydrogen-bond donors (Lipinski definition) is 6. The van der Waals surface area contributed by atoms with Crippen molar-refractivity contribution >= 4 is 37.2 Å². The molecule has 0 aromatic carbocycles. The predicted octanol–water partition coefficient (Wildman–Crippen LogP) is -0.496. The van der Waals surface area contributed by atoms with E-state index in [1.54, 1.807) is 0 Å². The van der Waals surface area contributed by atoms with Gasteiger partial charge < -0.3 is 20.4 Å². The Hall–Kier alpha value is -0.440. The first-order chi connectivity index (χ1) is 7.78. The maximum absolute atomic E-state index is 10.7. The Bertz CT molecular complexity index is 255. The van der Waals surface area contributed by atoms with Crippen molar-refractivity contribution in [3.63, 3.8) is 0 Å². The van der Waals surface area contributed by atoms with E-state index in [4.69, 9.17) is 10.2 Å². The van der Waals surface area contributed by atoms with Gasteiger partial charge in [0.25, 0.3) is 0 Å². The summed E-state index contributed by atoms with van der Waals surface area (Å²) in [5, 5.41) is 33.7. The molecule has 0 rings (SSSR count). The molecule has 8 heteroatoms. The van der Waals surface area contributed by atoms with E-state index in [9.17, 15) is 19.8 Å². The van der Waals surface area contributed by atoms with Gasteiger partial charge in [-0.2, -0.15) is 25.3 Å². The maximum Gasteiger partial charge on any atom is 0.316 e. The van der Waals surface area contributed by atoms with Crippen LogP contribution in [0.15, 0.2) is 0 Å². The van der Waals surface area contributed by atoms with E-state index in [2.05, 4.69) is 25.3 Å². The fourth-order valence-corrected chi connectivity index (χ4v) is 2.16. The van der Waals surface area contributed by atoms with Gasteiger partial charge in [0, 0.05) is 5.41 Å². The van der Waals surface area contributed by atoms with Gasteiger partial charge >= 0.3 is 11.9 Å². The molecule has 0 saturated heterocycles. The van der Waals surface area contributed by atoms with Gasteiger partial charge in [0.1, 0.15) is 10.5 Å². The van der Waals surface area contributed by atoms with Gasteiger partial charge in [-0.1, -0.05) is 0 Å². The Kier molecular flexibility index (Phi) is 6.91. The second kappa shape index (κ2) is 7.10. The second-order valence-corrected chi connectivity index (χ2v) is 5.18. The van der Waals surface area contributed by atoms with Gasteiger partial charge in [-0.05, 0) is 12.8 Å². The largest absolute Gasteiger partial charge is 0.480 e. The summed E-state index contributed by atoms with van der Waals surface area (Å²) in [6, 6.07) is 0. The SMILES string of the molecule is O=C(O)C(S)CC(CO)(CO)CC(S)C(=O)O. The topological polar surface area (TPSA) is 115 Å². The maximum atomic E-state index is 10.7. The van der Waals surface area contributed by atoms with Crippen molar-refractivity contribution in [1.29, 1.82) is 0 Å². The smallest absolute Gasteiger partial charge is 0.316 e. The summed E-state index contributed by atoms with van der Waals surface area (Å²) >= 11 is 7.61. The van der Waals surface area contributed by atoms with E-state index >= 15 is 0 Å². The molecular formula is C9H16O6S2. The molecule has 0 aromatic heterocycles. The van der Waals surface area contributed by atoms with Crippen molar-refractivity contribution in [1.82, 2.24) is 0 Å². The minimum atomic E-state index is -1.21. The van der Waals surface area contributed by atoms with E-state index < -0.39 is 41.1 Å². The van der Waals surface area contributed by atoms with Crippen molar-refractivity contribution in [3.05, 3.63) is 0 Å². The highest BCUT2D eigenvalue weighted by Crippen LogP contribution is 2.32. The lowest BCUT2D eigenvalue weighted by molar-refractivity contribution is -0.137. The molecule has 2 atom stereocenters. The van der Waals surface area contributed by atoms with Crippen LogP contribution in [0.3, 0.4) is 0 Å². The van der Waals surface area contributed by atoms with Gasteiger partial charge in [-0.3, -0.25) is 9.59 Å². The lowest BCUT2D eigenvalue weighted by Gasteiger charge is -2.32. The molecule has 0 heterocycles. The van der Waals surface area contributed by atoms with E-state index in [1.807, 2.05) is 0 Å². The van der Waals surface area contributed by atoms with Crippen LogP contribution in [0.4, 0.5) is 0 Å². The summed E-state index contributed by atoms with van der Waals surface area (Å²) in [5.74, 6) is -2.38. The minimum absolute atomic E-state index is 0.136. The summed E-state index contributed by atoms with van der Waals surface area (Å²) < 4.78 is 0. The fourth-order valence-electron chi connectivity index (χ4n) is 1.39. The van der Waals surface area contributed by atoms with Crippen LogP contribution in [-0.4, -0.2) is 56.1 Å². The molecule has 0 aliphatic heterocycles. The first kappa shape index (κ1) is 16.6. The molecule has 17 heavy (non-hydrogen) atoms. The minimum Gasteiger partial charge on any atom is -0.480 e. The number of carboxylic acid groups (broad SMARTS) is 2. The summed E-state index contributed by atoms with van der Waals surface area (Å²) in [7, 11) is 0. The van der Waals surface area contributed by atoms with E-state index in [1.165, 1.54) is 0 Å². The summed E-state index contributed by atoms with van der Waals surface area (Å²) in [5.41, 5.74) is -1.21. The third kappa shape index (κ3) is 5.15. The summed E-state index contributed by atoms with van der Waals surface area (Å²) in [4.78, 5) is 21.3. The lowest BCUT2D eigenvalue weighted by atomic mass is 9.80. The molecule has 0 fully saturated rings. The zero-order valence-corrected chi connectivity index (χ0v) is 10.8. The van der Waals surface area contributed by atoms with Crippen molar-refractivity contribution < 1.29 is 30.0 Å². The number of aliphatic carboxylic acids is 2. The molecule has 0 bridgehead atoms. The number of carboxylic acids is 2. The molecule has 6 nitrogen and oxygen atoms in total. The third-order valence-electron chi connectivity index (χ3n) is 2.49. The molecule has 0 aliphatic carbocycles. The Balaban J connectivity index is 4.77. The van der Waals surface area contributed by atoms with Crippen molar-refractivity contribution in [3.8, 4) is 0 Å². The number of carbonyl (C=O) groups is 2. The Morgan fingerprint density at radius 2 is 1.24 bits per heavy atom. The van der Waals surface area contributed by atoms with E-state index in [0.29, 0.717) is 0 Å². The van der Waals surface area contributed by atoms with Gasteiger partial charge in [-0.25, -0.2) is 0 Å². The quantitative estimate of drug-likeness (QED) is 0.335. The summed E-state index contributed by atoms with van der Waals surface area (Å²) in [6.07, 6.45) is -0.272. The third-order valence-corrected chi connectivity index (χ3v) is 3.30. The van der Waals surface area contributed by atoms with Crippen molar-refractivity contribution in [2.45, 2.75) is 23.3 Å². The molecular weight excluding hydrogens is 268 g/mol. The normalized spacial score (nSPS) is 15.3. The average molecular weight is 284 g/mol. The molecule has 100 valence electrons. The standard InChI is InChI=1S/C9H16O6S2/c10-3-9(4-11,1-5(16)7(12)13)2-6(17)8(14)15/h5-6,10-11,16-17H,1-4H2,(H,12,13)(H,14,15). The van der Waals surface area contributed by atoms with Crippen LogP contribution in [-0.2, 0) is 9.59 Å². The zero-order chi connectivity index (χ0) is 13.6. The molecule has 0 aromatic rings. The van der Waals surface area contributed by atoms with Crippen LogP contribution >= 0.6 is 25.3 Å². The first-order valence-corrected chi connectivity index (χ1v) is 5.85. The van der Waals surface area contributed by atoms with Gasteiger partial charge in [0.05, 0.1) is 13.2 Å². The van der Waals surface area contributed by atoms with E-state index in [0.717, 1.165) is 0 Å². The monoisotopic (exact) mass is 284 g/mol. The van der Waals surface area contributed by atoms with Crippen LogP contribution in [0.1, 0.15) is 12.8 Å². The Morgan fingerprint density at radius 3 is 1.41 bits per heavy atom. The van der Waals surface area contributed by atoms with Crippen LogP contribution in [0.2, 0.25) is 0 Å². The van der Waals surface area contributed by atoms with Gasteiger partial charge in [-0.15, -0.1) is 0 Å². The zero-order valence-electron chi connectivity index (χ0n) is 8.98. The fraction of sp³-hybridized carbons (Fsp3) is 0.778. The van der Waals surface area contributed by atoms with Crippen LogP contribution < -0.4 is 0 Å². The predicted molar refractivity (Wildman–Crippen MR) is 66.7 cm³/mol. The van der Waals surface area contributed by atoms with Gasteiger partial charge in [0.2, 0.25) is 0 Å².